The molecule has 3 N–H and O–H groups in total. The Balaban J connectivity index is 1.61. The number of aryl methyl sites for hydroxylation is 2. The number of benzene rings is 2. The third kappa shape index (κ3) is 2.74. The van der Waals surface area contributed by atoms with Gasteiger partial charge in [0.15, 0.2) is 0 Å². The number of carbonyl (C=O) groups is 2. The first-order chi connectivity index (χ1) is 12.4. The van der Waals surface area contributed by atoms with E-state index >= 15 is 0 Å². The Labute approximate surface area is 155 Å². The molecule has 1 atom stereocenters. The summed E-state index contributed by atoms with van der Waals surface area (Å²) in [6.45, 7) is 0. The highest BCUT2D eigenvalue weighted by Crippen LogP contribution is 2.32. The zero-order chi connectivity index (χ0) is 18.4. The number of nitrogens with one attached hydrogen (secondary N) is 1. The number of fused-ring (bicyclic) bond motifs is 2. The van der Waals surface area contributed by atoms with Gasteiger partial charge in [0.05, 0.1) is 6.04 Å². The van der Waals surface area contributed by atoms with E-state index in [2.05, 4.69) is 5.32 Å². The molecule has 26 heavy (non-hydrogen) atoms. The van der Waals surface area contributed by atoms with Gasteiger partial charge in [-0.3, -0.25) is 9.59 Å². The molecule has 0 aliphatic heterocycles. The Morgan fingerprint density at radius 1 is 1.19 bits per heavy atom. The van der Waals surface area contributed by atoms with Gasteiger partial charge in [-0.15, -0.1) is 0 Å². The van der Waals surface area contributed by atoms with Crippen molar-refractivity contribution in [1.82, 2.24) is 9.88 Å². The molecule has 0 bridgehead atoms. The van der Waals surface area contributed by atoms with Crippen LogP contribution in [0.3, 0.4) is 0 Å². The van der Waals surface area contributed by atoms with Crippen molar-refractivity contribution in [3.05, 3.63) is 69.9 Å². The lowest BCUT2D eigenvalue weighted by atomic mass is 10.0. The Morgan fingerprint density at radius 2 is 2.00 bits per heavy atom. The van der Waals surface area contributed by atoms with E-state index in [4.69, 9.17) is 17.3 Å². The van der Waals surface area contributed by atoms with Crippen LogP contribution in [0.2, 0.25) is 5.02 Å². The molecule has 1 aliphatic carbocycles. The topological polar surface area (TPSA) is 77.1 Å². The maximum absolute atomic E-state index is 12.8. The average molecular weight is 368 g/mol. The van der Waals surface area contributed by atoms with Gasteiger partial charge in [-0.1, -0.05) is 23.7 Å². The lowest BCUT2D eigenvalue weighted by Gasteiger charge is -2.15. The number of halogens is 1. The molecule has 132 valence electrons. The third-order valence-corrected chi connectivity index (χ3v) is 5.29. The lowest BCUT2D eigenvalue weighted by molar-refractivity contribution is 0.0927. The fourth-order valence-electron chi connectivity index (χ4n) is 3.67. The highest BCUT2D eigenvalue weighted by atomic mass is 35.5. The third-order valence-electron chi connectivity index (χ3n) is 5.05. The van der Waals surface area contributed by atoms with Gasteiger partial charge in [0.2, 0.25) is 5.91 Å². The molecule has 4 rings (SSSR count). The van der Waals surface area contributed by atoms with E-state index in [1.165, 1.54) is 0 Å². The maximum Gasteiger partial charge on any atom is 0.268 e. The quantitative estimate of drug-likeness (QED) is 0.744. The molecule has 0 radical (unpaired) electrons. The smallest absolute Gasteiger partial charge is 0.268 e. The molecular weight excluding hydrogens is 350 g/mol. The summed E-state index contributed by atoms with van der Waals surface area (Å²) in [5.41, 5.74) is 9.46. The molecule has 0 spiro atoms. The minimum Gasteiger partial charge on any atom is -0.366 e. The summed E-state index contributed by atoms with van der Waals surface area (Å²) < 4.78 is 1.85. The van der Waals surface area contributed by atoms with Crippen LogP contribution in [0.4, 0.5) is 0 Å². The largest absolute Gasteiger partial charge is 0.366 e. The second-order valence-corrected chi connectivity index (χ2v) is 7.07. The summed E-state index contributed by atoms with van der Waals surface area (Å²) >= 11 is 6.06. The predicted molar refractivity (Wildman–Crippen MR) is 101 cm³/mol. The number of aromatic nitrogens is 1. The summed E-state index contributed by atoms with van der Waals surface area (Å²) in [4.78, 5) is 24.2. The van der Waals surface area contributed by atoms with E-state index in [9.17, 15) is 9.59 Å². The first-order valence-electron chi connectivity index (χ1n) is 8.42. The molecule has 5 nitrogen and oxygen atoms in total. The van der Waals surface area contributed by atoms with Crippen LogP contribution in [-0.4, -0.2) is 16.4 Å². The number of primary amides is 1. The van der Waals surface area contributed by atoms with Gasteiger partial charge >= 0.3 is 0 Å². The number of amides is 2. The van der Waals surface area contributed by atoms with E-state index in [-0.39, 0.29) is 11.9 Å². The number of carbonyl (C=O) groups excluding carboxylic acids is 2. The van der Waals surface area contributed by atoms with Crippen molar-refractivity contribution in [3.8, 4) is 0 Å². The van der Waals surface area contributed by atoms with Crippen LogP contribution in [0.25, 0.3) is 10.9 Å². The van der Waals surface area contributed by atoms with Crippen molar-refractivity contribution in [2.75, 3.05) is 0 Å². The van der Waals surface area contributed by atoms with Gasteiger partial charge in [-0.05, 0) is 54.3 Å². The van der Waals surface area contributed by atoms with E-state index in [1.807, 2.05) is 48.0 Å². The molecule has 1 heterocycles. The molecule has 0 unspecified atom stereocenters. The first-order valence-corrected chi connectivity index (χ1v) is 8.80. The van der Waals surface area contributed by atoms with Crippen LogP contribution < -0.4 is 11.1 Å². The van der Waals surface area contributed by atoms with Gasteiger partial charge in [0.25, 0.3) is 5.91 Å². The number of nitrogens with two attached hydrogens (primary N) is 1. The summed E-state index contributed by atoms with van der Waals surface area (Å²) in [7, 11) is 1.86. The fraction of sp³-hybridized carbons (Fsp3) is 0.200. The van der Waals surface area contributed by atoms with Crippen molar-refractivity contribution in [2.24, 2.45) is 12.8 Å². The van der Waals surface area contributed by atoms with Crippen LogP contribution in [-0.2, 0) is 13.5 Å². The zero-order valence-corrected chi connectivity index (χ0v) is 15.0. The van der Waals surface area contributed by atoms with Gasteiger partial charge in [0.1, 0.15) is 5.69 Å². The second-order valence-electron chi connectivity index (χ2n) is 6.63. The Kier molecular flexibility index (Phi) is 3.96. The molecule has 1 aromatic heterocycles. The Hall–Kier alpha value is -2.79. The lowest BCUT2D eigenvalue weighted by Crippen LogP contribution is -2.28. The van der Waals surface area contributed by atoms with Gasteiger partial charge in [-0.25, -0.2) is 0 Å². The molecule has 0 saturated carbocycles. The highest BCUT2D eigenvalue weighted by molar-refractivity contribution is 6.31. The minimum absolute atomic E-state index is 0.0685. The number of hydrogen-bond donors (Lipinski definition) is 2. The molecule has 0 fully saturated rings. The van der Waals surface area contributed by atoms with Crippen molar-refractivity contribution >= 4 is 34.3 Å². The first kappa shape index (κ1) is 16.7. The van der Waals surface area contributed by atoms with Crippen molar-refractivity contribution < 1.29 is 9.59 Å². The predicted octanol–water partition coefficient (Wildman–Crippen LogP) is 3.35. The SMILES string of the molecule is Cn1c(C(=O)N[C@@H]2CCc3cc(C(N)=O)ccc32)cc2ccc(Cl)cc21. The number of nitrogens with zero attached hydrogens (tertiary/aromatic N) is 1. The fourth-order valence-corrected chi connectivity index (χ4v) is 3.84. The molecule has 2 aromatic carbocycles. The number of hydrogen-bond acceptors (Lipinski definition) is 2. The van der Waals surface area contributed by atoms with Crippen LogP contribution in [0.1, 0.15) is 44.4 Å². The van der Waals surface area contributed by atoms with Crippen molar-refractivity contribution in [1.29, 1.82) is 0 Å². The van der Waals surface area contributed by atoms with Gasteiger partial charge in [-0.2, -0.15) is 0 Å². The van der Waals surface area contributed by atoms with Crippen molar-refractivity contribution in [2.45, 2.75) is 18.9 Å². The Morgan fingerprint density at radius 3 is 2.77 bits per heavy atom. The maximum atomic E-state index is 12.8. The molecule has 1 aliphatic rings. The standard InChI is InChI=1S/C20H18ClN3O2/c1-24-17-10-14(21)5-2-12(17)9-18(24)20(26)23-16-7-4-11-8-13(19(22)25)3-6-15(11)16/h2-3,5-6,8-10,16H,4,7H2,1H3,(H2,22,25)(H,23,26)/t16-/m1/s1. The van der Waals surface area contributed by atoms with E-state index in [0.29, 0.717) is 16.3 Å². The van der Waals surface area contributed by atoms with Gasteiger partial charge in [0, 0.05) is 28.5 Å². The van der Waals surface area contributed by atoms with E-state index in [1.54, 1.807) is 6.07 Å². The van der Waals surface area contributed by atoms with E-state index in [0.717, 1.165) is 34.9 Å². The molecular formula is C20H18ClN3O2. The monoisotopic (exact) mass is 367 g/mol. The summed E-state index contributed by atoms with van der Waals surface area (Å²) in [6, 6.07) is 12.8. The number of rotatable bonds is 3. The average Bonchev–Trinajstić information content (AvgIpc) is 3.16. The van der Waals surface area contributed by atoms with Crippen LogP contribution in [0.15, 0.2) is 42.5 Å². The molecule has 0 saturated heterocycles. The normalized spacial score (nSPS) is 15.8. The molecule has 3 aromatic rings. The second kappa shape index (κ2) is 6.18. The van der Waals surface area contributed by atoms with E-state index < -0.39 is 5.91 Å². The van der Waals surface area contributed by atoms with Crippen LogP contribution in [0, 0.1) is 0 Å². The zero-order valence-electron chi connectivity index (χ0n) is 14.3. The van der Waals surface area contributed by atoms with Crippen molar-refractivity contribution in [3.63, 3.8) is 0 Å². The summed E-state index contributed by atoms with van der Waals surface area (Å²) in [6.07, 6.45) is 1.62. The summed E-state index contributed by atoms with van der Waals surface area (Å²) in [5, 5.41) is 4.72. The van der Waals surface area contributed by atoms with Crippen LogP contribution in [0.5, 0.6) is 0 Å². The minimum atomic E-state index is -0.436. The summed E-state index contributed by atoms with van der Waals surface area (Å²) in [5.74, 6) is -0.564. The van der Waals surface area contributed by atoms with Crippen LogP contribution >= 0.6 is 11.6 Å². The molecule has 2 amide bonds. The van der Waals surface area contributed by atoms with Gasteiger partial charge < -0.3 is 15.6 Å². The Bertz CT molecular complexity index is 1050. The highest BCUT2D eigenvalue weighted by Gasteiger charge is 2.26. The molecule has 6 heteroatoms.